The molecule has 1 aliphatic rings. The maximum absolute atomic E-state index is 13.1. The number of para-hydroxylation sites is 2. The third-order valence-corrected chi connectivity index (χ3v) is 6.20. The highest BCUT2D eigenvalue weighted by Gasteiger charge is 2.22. The molecular weight excluding hydrogens is 374 g/mol. The molecule has 1 aromatic heterocycles. The van der Waals surface area contributed by atoms with Gasteiger partial charge >= 0.3 is 0 Å². The van der Waals surface area contributed by atoms with E-state index < -0.39 is 10.0 Å². The number of aromatic nitrogens is 2. The molecule has 0 radical (unpaired) electrons. The van der Waals surface area contributed by atoms with E-state index in [-0.39, 0.29) is 4.90 Å². The fraction of sp³-hybridized carbons (Fsp3) is 0.286. The zero-order valence-corrected chi connectivity index (χ0v) is 16.6. The minimum atomic E-state index is -3.81. The molecule has 6 nitrogen and oxygen atoms in total. The van der Waals surface area contributed by atoms with Crippen molar-refractivity contribution in [1.29, 1.82) is 0 Å². The first-order valence-electron chi connectivity index (χ1n) is 9.48. The van der Waals surface area contributed by atoms with E-state index in [1.165, 1.54) is 0 Å². The first-order chi connectivity index (χ1) is 13.6. The molecule has 2 heterocycles. The van der Waals surface area contributed by atoms with Crippen LogP contribution in [0.3, 0.4) is 0 Å². The Morgan fingerprint density at radius 1 is 1.11 bits per heavy atom. The van der Waals surface area contributed by atoms with Gasteiger partial charge < -0.3 is 9.30 Å². The maximum Gasteiger partial charge on any atom is 0.265 e. The average molecular weight is 398 g/mol. The number of ether oxygens (including phenoxy) is 1. The Morgan fingerprint density at radius 2 is 1.89 bits per heavy atom. The molecule has 4 rings (SSSR count). The van der Waals surface area contributed by atoms with Crippen molar-refractivity contribution < 1.29 is 13.2 Å². The molecule has 0 bridgehead atoms. The van der Waals surface area contributed by atoms with Crippen molar-refractivity contribution in [2.24, 2.45) is 0 Å². The molecule has 0 unspecified atom stereocenters. The Kier molecular flexibility index (Phi) is 5.09. The Balaban J connectivity index is 1.71. The summed E-state index contributed by atoms with van der Waals surface area (Å²) >= 11 is 0. The van der Waals surface area contributed by atoms with Crippen LogP contribution in [-0.2, 0) is 23.0 Å². The van der Waals surface area contributed by atoms with Gasteiger partial charge in [0.25, 0.3) is 10.0 Å². The van der Waals surface area contributed by atoms with Crippen LogP contribution in [0, 0.1) is 0 Å². The van der Waals surface area contributed by atoms with Crippen LogP contribution in [0.1, 0.15) is 25.6 Å². The molecule has 0 aliphatic carbocycles. The van der Waals surface area contributed by atoms with Gasteiger partial charge in [0.1, 0.15) is 16.5 Å². The first kappa shape index (κ1) is 18.6. The molecule has 7 heteroatoms. The Morgan fingerprint density at radius 3 is 2.71 bits per heavy atom. The molecule has 1 N–H and O–H groups in total. The molecule has 0 spiro atoms. The summed E-state index contributed by atoms with van der Waals surface area (Å²) in [6.07, 6.45) is 5.25. The van der Waals surface area contributed by atoms with E-state index in [1.54, 1.807) is 30.3 Å². The van der Waals surface area contributed by atoms with Crippen LogP contribution in [0.4, 0.5) is 5.69 Å². The quantitative estimate of drug-likeness (QED) is 0.680. The van der Waals surface area contributed by atoms with E-state index in [0.29, 0.717) is 18.0 Å². The van der Waals surface area contributed by atoms with Crippen LogP contribution in [0.5, 0.6) is 5.75 Å². The molecule has 3 aromatic rings. The summed E-state index contributed by atoms with van der Waals surface area (Å²) in [5.41, 5.74) is 2.06. The van der Waals surface area contributed by atoms with Gasteiger partial charge in [-0.05, 0) is 38.0 Å². The second-order valence-corrected chi connectivity index (χ2v) is 8.37. The predicted octanol–water partition coefficient (Wildman–Crippen LogP) is 4.09. The lowest BCUT2D eigenvalue weighted by atomic mass is 10.1. The van der Waals surface area contributed by atoms with E-state index >= 15 is 0 Å². The van der Waals surface area contributed by atoms with Gasteiger partial charge in [0.05, 0.1) is 18.0 Å². The maximum atomic E-state index is 13.1. The van der Waals surface area contributed by atoms with Crippen LogP contribution in [-0.4, -0.2) is 24.6 Å². The number of nitrogens with one attached hydrogen (secondary N) is 1. The number of aryl methyl sites for hydroxylation is 2. The molecule has 146 valence electrons. The summed E-state index contributed by atoms with van der Waals surface area (Å²) in [6.45, 7) is 3.17. The monoisotopic (exact) mass is 397 g/mol. The number of nitrogens with zero attached hydrogens (tertiary/aromatic N) is 2. The van der Waals surface area contributed by atoms with Gasteiger partial charge in [-0.15, -0.1) is 0 Å². The lowest BCUT2D eigenvalue weighted by Gasteiger charge is -2.14. The van der Waals surface area contributed by atoms with Crippen LogP contribution in [0.2, 0.25) is 0 Å². The minimum absolute atomic E-state index is 0.121. The van der Waals surface area contributed by atoms with Gasteiger partial charge in [-0.25, -0.2) is 13.4 Å². The molecular formula is C21H23N3O3S. The van der Waals surface area contributed by atoms with Crippen molar-refractivity contribution in [2.45, 2.75) is 37.6 Å². The molecule has 0 amide bonds. The molecule has 1 aliphatic heterocycles. The third kappa shape index (κ3) is 3.62. The Bertz CT molecular complexity index is 1070. The van der Waals surface area contributed by atoms with Crippen LogP contribution in [0.25, 0.3) is 11.3 Å². The number of imidazole rings is 1. The van der Waals surface area contributed by atoms with Gasteiger partial charge in [0.2, 0.25) is 0 Å². The topological polar surface area (TPSA) is 73.2 Å². The molecule has 0 atom stereocenters. The minimum Gasteiger partial charge on any atom is -0.492 e. The average Bonchev–Trinajstić information content (AvgIpc) is 3.13. The van der Waals surface area contributed by atoms with Crippen molar-refractivity contribution in [2.75, 3.05) is 11.3 Å². The smallest absolute Gasteiger partial charge is 0.265 e. The molecule has 0 saturated heterocycles. The van der Waals surface area contributed by atoms with Crippen molar-refractivity contribution in [3.05, 3.63) is 60.6 Å². The highest BCUT2D eigenvalue weighted by atomic mass is 32.2. The summed E-state index contributed by atoms with van der Waals surface area (Å²) in [5.74, 6) is 1.40. The second kappa shape index (κ2) is 7.67. The zero-order chi connectivity index (χ0) is 19.6. The number of hydrogen-bond acceptors (Lipinski definition) is 4. The normalized spacial score (nSPS) is 13.8. The zero-order valence-electron chi connectivity index (χ0n) is 15.8. The molecule has 0 saturated carbocycles. The van der Waals surface area contributed by atoms with Crippen molar-refractivity contribution in [3.63, 3.8) is 0 Å². The van der Waals surface area contributed by atoms with Gasteiger partial charge in [0, 0.05) is 24.7 Å². The largest absolute Gasteiger partial charge is 0.492 e. The van der Waals surface area contributed by atoms with E-state index in [2.05, 4.69) is 9.29 Å². The molecule has 28 heavy (non-hydrogen) atoms. The highest BCUT2D eigenvalue weighted by Crippen LogP contribution is 2.32. The first-order valence-corrected chi connectivity index (χ1v) is 11.0. The van der Waals surface area contributed by atoms with Gasteiger partial charge in [-0.1, -0.05) is 30.3 Å². The SMILES string of the molecule is CCOc1ccccc1S(=O)(=O)Nc1ccccc1-c1cn2c(n1)CCCC2. The lowest BCUT2D eigenvalue weighted by Crippen LogP contribution is -2.15. The summed E-state index contributed by atoms with van der Waals surface area (Å²) in [4.78, 5) is 4.86. The van der Waals surface area contributed by atoms with Gasteiger partial charge in [-0.3, -0.25) is 4.72 Å². The summed E-state index contributed by atoms with van der Waals surface area (Å²) in [6, 6.07) is 14.0. The molecule has 2 aromatic carbocycles. The number of benzene rings is 2. The van der Waals surface area contributed by atoms with Gasteiger partial charge in [-0.2, -0.15) is 0 Å². The van der Waals surface area contributed by atoms with Crippen LogP contribution in [0.15, 0.2) is 59.6 Å². The van der Waals surface area contributed by atoms with E-state index in [0.717, 1.165) is 42.9 Å². The second-order valence-electron chi connectivity index (χ2n) is 6.72. The van der Waals surface area contributed by atoms with Crippen molar-refractivity contribution in [3.8, 4) is 17.0 Å². The van der Waals surface area contributed by atoms with Crippen LogP contribution < -0.4 is 9.46 Å². The number of fused-ring (bicyclic) bond motifs is 1. The summed E-state index contributed by atoms with van der Waals surface area (Å²) in [5, 5.41) is 0. The van der Waals surface area contributed by atoms with Gasteiger partial charge in [0.15, 0.2) is 0 Å². The highest BCUT2D eigenvalue weighted by molar-refractivity contribution is 7.92. The molecule has 0 fully saturated rings. The lowest BCUT2D eigenvalue weighted by molar-refractivity contribution is 0.331. The third-order valence-electron chi connectivity index (χ3n) is 4.79. The van der Waals surface area contributed by atoms with E-state index in [9.17, 15) is 8.42 Å². The standard InChI is InChI=1S/C21H23N3O3S/c1-2-27-19-11-5-6-12-20(19)28(25,26)23-17-10-4-3-9-16(17)18-15-24-14-8-7-13-21(24)22-18/h3-6,9-12,15,23H,2,7-8,13-14H2,1H3. The van der Waals surface area contributed by atoms with Crippen LogP contribution >= 0.6 is 0 Å². The van der Waals surface area contributed by atoms with Crippen molar-refractivity contribution >= 4 is 15.7 Å². The Labute approximate surface area is 165 Å². The van der Waals surface area contributed by atoms with Crippen molar-refractivity contribution in [1.82, 2.24) is 9.55 Å². The predicted molar refractivity (Wildman–Crippen MR) is 109 cm³/mol. The van der Waals surface area contributed by atoms with E-state index in [4.69, 9.17) is 9.72 Å². The fourth-order valence-electron chi connectivity index (χ4n) is 3.48. The number of sulfonamides is 1. The number of rotatable bonds is 6. The number of hydrogen-bond donors (Lipinski definition) is 1. The summed E-state index contributed by atoms with van der Waals surface area (Å²) < 4.78 is 36.5. The number of anilines is 1. The van der Waals surface area contributed by atoms with E-state index in [1.807, 2.05) is 31.3 Å². The Hall–Kier alpha value is -2.80. The summed E-state index contributed by atoms with van der Waals surface area (Å²) in [7, 11) is -3.81. The fourth-order valence-corrected chi connectivity index (χ4v) is 4.71.